The van der Waals surface area contributed by atoms with Crippen molar-refractivity contribution in [2.45, 2.75) is 72.1 Å². The molecule has 2 nitrogen and oxygen atoms in total. The Balaban J connectivity index is 1.53. The van der Waals surface area contributed by atoms with E-state index in [1.165, 1.54) is 59.4 Å². The first-order valence-electron chi connectivity index (χ1n) is 13.1. The first-order valence-corrected chi connectivity index (χ1v) is 13.1. The predicted octanol–water partition coefficient (Wildman–Crippen LogP) is 9.43. The Morgan fingerprint density at radius 3 is 2.50 bits per heavy atom. The number of pyridine rings is 1. The quantitative estimate of drug-likeness (QED) is 0.274. The van der Waals surface area contributed by atoms with E-state index in [0.29, 0.717) is 5.92 Å². The summed E-state index contributed by atoms with van der Waals surface area (Å²) in [5.74, 6) is 3.54. The zero-order chi connectivity index (χ0) is 23.4. The molecular weight excluding hydrogens is 414 g/mol. The van der Waals surface area contributed by atoms with Crippen LogP contribution in [0.25, 0.3) is 32.8 Å². The summed E-state index contributed by atoms with van der Waals surface area (Å²) in [6, 6.07) is 17.9. The lowest BCUT2D eigenvalue weighted by atomic mass is 9.77. The van der Waals surface area contributed by atoms with Crippen LogP contribution in [0, 0.1) is 11.3 Å². The largest absolute Gasteiger partial charge is 0.456 e. The molecule has 1 aromatic heterocycles. The van der Waals surface area contributed by atoms with E-state index in [2.05, 4.69) is 76.2 Å². The molecule has 3 aromatic carbocycles. The maximum absolute atomic E-state index is 6.87. The van der Waals surface area contributed by atoms with Gasteiger partial charge in [-0.15, -0.1) is 0 Å². The molecule has 1 fully saturated rings. The Morgan fingerprint density at radius 1 is 0.941 bits per heavy atom. The van der Waals surface area contributed by atoms with E-state index >= 15 is 0 Å². The number of aromatic nitrogens is 1. The molecule has 0 amide bonds. The predicted molar refractivity (Wildman–Crippen MR) is 143 cm³/mol. The van der Waals surface area contributed by atoms with E-state index in [1.807, 2.05) is 6.20 Å². The van der Waals surface area contributed by atoms with Gasteiger partial charge in [-0.05, 0) is 89.3 Å². The molecule has 6 rings (SSSR count). The number of fused-ring (bicyclic) bond motifs is 3. The normalized spacial score (nSPS) is 19.8. The third-order valence-corrected chi connectivity index (χ3v) is 8.02. The van der Waals surface area contributed by atoms with Crippen LogP contribution in [0.3, 0.4) is 0 Å². The highest BCUT2D eigenvalue weighted by molar-refractivity contribution is 6.06. The van der Waals surface area contributed by atoms with Crippen molar-refractivity contribution in [3.63, 3.8) is 0 Å². The molecule has 1 aliphatic heterocycles. The van der Waals surface area contributed by atoms with Crippen LogP contribution >= 0.6 is 0 Å². The molecule has 0 atom stereocenters. The first kappa shape index (κ1) is 21.6. The van der Waals surface area contributed by atoms with Gasteiger partial charge in [0.05, 0.1) is 11.1 Å². The number of hydrogen-bond donors (Lipinski definition) is 0. The van der Waals surface area contributed by atoms with Gasteiger partial charge in [0.15, 0.2) is 0 Å². The summed E-state index contributed by atoms with van der Waals surface area (Å²) in [5.41, 5.74) is 5.10. The van der Waals surface area contributed by atoms with Gasteiger partial charge >= 0.3 is 0 Å². The summed E-state index contributed by atoms with van der Waals surface area (Å²) < 4.78 is 6.87. The van der Waals surface area contributed by atoms with Gasteiger partial charge in [0.1, 0.15) is 11.5 Å². The van der Waals surface area contributed by atoms with Crippen molar-refractivity contribution >= 4 is 21.5 Å². The monoisotopic (exact) mass is 449 g/mol. The van der Waals surface area contributed by atoms with Crippen LogP contribution in [0.15, 0.2) is 54.7 Å². The van der Waals surface area contributed by atoms with E-state index < -0.39 is 0 Å². The highest BCUT2D eigenvalue weighted by Crippen LogP contribution is 2.51. The Hall–Kier alpha value is -2.87. The Kier molecular flexibility index (Phi) is 5.17. The number of benzene rings is 3. The second-order valence-corrected chi connectivity index (χ2v) is 11.7. The van der Waals surface area contributed by atoms with E-state index in [4.69, 9.17) is 9.72 Å². The number of hydrogen-bond acceptors (Lipinski definition) is 2. The van der Waals surface area contributed by atoms with Gasteiger partial charge in [-0.1, -0.05) is 64.4 Å². The summed E-state index contributed by atoms with van der Waals surface area (Å²) in [7, 11) is 0. The molecule has 0 radical (unpaired) electrons. The van der Waals surface area contributed by atoms with E-state index in [9.17, 15) is 0 Å². The zero-order valence-electron chi connectivity index (χ0n) is 20.9. The van der Waals surface area contributed by atoms with Crippen LogP contribution in [0.1, 0.15) is 76.8 Å². The lowest BCUT2D eigenvalue weighted by molar-refractivity contribution is 0.318. The van der Waals surface area contributed by atoms with Crippen LogP contribution in [-0.2, 0) is 6.42 Å². The molecule has 1 aliphatic carbocycles. The fourth-order valence-corrected chi connectivity index (χ4v) is 6.24. The number of nitrogens with zero attached hydrogens (tertiary/aromatic N) is 1. The third-order valence-electron chi connectivity index (χ3n) is 8.02. The van der Waals surface area contributed by atoms with Crippen molar-refractivity contribution in [1.29, 1.82) is 0 Å². The Bertz CT molecular complexity index is 1390. The average Bonchev–Trinajstić information content (AvgIpc) is 2.84. The van der Waals surface area contributed by atoms with Gasteiger partial charge in [-0.2, -0.15) is 0 Å². The minimum Gasteiger partial charge on any atom is -0.456 e. The SMILES string of the molecule is CCC1CCC(c2cc3c4c(nccc4c2)-c2cc4ccccc4c(CC(C)(C)C)c2O3)CC1. The summed E-state index contributed by atoms with van der Waals surface area (Å²) in [6.07, 6.45) is 9.53. The number of ether oxygens (including phenoxy) is 1. The standard InChI is InChI=1S/C32H35NO/c1-5-20-10-12-21(13-11-20)24-16-23-14-15-33-30-26-17-22-8-6-7-9-25(22)27(19-32(2,3)4)31(26)34-28(18-24)29(23)30/h6-9,14-18,20-21H,5,10-13,19H2,1-4H3. The van der Waals surface area contributed by atoms with Crippen molar-refractivity contribution in [2.24, 2.45) is 11.3 Å². The van der Waals surface area contributed by atoms with Crippen LogP contribution in [0.5, 0.6) is 11.5 Å². The molecular formula is C32H35NO. The molecule has 0 saturated heterocycles. The van der Waals surface area contributed by atoms with Crippen LogP contribution in [0.2, 0.25) is 0 Å². The van der Waals surface area contributed by atoms with Gasteiger partial charge in [0.2, 0.25) is 0 Å². The average molecular weight is 450 g/mol. The van der Waals surface area contributed by atoms with E-state index in [0.717, 1.165) is 40.5 Å². The van der Waals surface area contributed by atoms with E-state index in [-0.39, 0.29) is 5.41 Å². The summed E-state index contributed by atoms with van der Waals surface area (Å²) in [4.78, 5) is 4.91. The van der Waals surface area contributed by atoms with Crippen molar-refractivity contribution in [2.75, 3.05) is 0 Å². The molecule has 0 N–H and O–H groups in total. The van der Waals surface area contributed by atoms with Gasteiger partial charge < -0.3 is 4.74 Å². The molecule has 2 heteroatoms. The lowest BCUT2D eigenvalue weighted by Crippen LogP contribution is -2.14. The molecule has 4 aromatic rings. The zero-order valence-corrected chi connectivity index (χ0v) is 20.9. The van der Waals surface area contributed by atoms with Gasteiger partial charge in [0, 0.05) is 17.3 Å². The third kappa shape index (κ3) is 3.68. The minimum absolute atomic E-state index is 0.154. The van der Waals surface area contributed by atoms with E-state index in [1.54, 1.807) is 0 Å². The summed E-state index contributed by atoms with van der Waals surface area (Å²) in [5, 5.41) is 4.97. The molecule has 174 valence electrons. The topological polar surface area (TPSA) is 22.1 Å². The highest BCUT2D eigenvalue weighted by Gasteiger charge is 2.29. The maximum atomic E-state index is 6.87. The highest BCUT2D eigenvalue weighted by atomic mass is 16.5. The molecule has 0 unspecified atom stereocenters. The van der Waals surface area contributed by atoms with Crippen molar-refractivity contribution in [3.05, 3.63) is 65.9 Å². The summed E-state index contributed by atoms with van der Waals surface area (Å²) in [6.45, 7) is 9.26. The van der Waals surface area contributed by atoms with Crippen molar-refractivity contribution < 1.29 is 4.74 Å². The van der Waals surface area contributed by atoms with Gasteiger partial charge in [0.25, 0.3) is 0 Å². The van der Waals surface area contributed by atoms with Crippen LogP contribution < -0.4 is 4.74 Å². The van der Waals surface area contributed by atoms with Crippen molar-refractivity contribution in [1.82, 2.24) is 4.98 Å². The molecule has 0 bridgehead atoms. The fourth-order valence-electron chi connectivity index (χ4n) is 6.24. The van der Waals surface area contributed by atoms with Crippen molar-refractivity contribution in [3.8, 4) is 22.8 Å². The fraction of sp³-hybridized carbons (Fsp3) is 0.406. The lowest BCUT2D eigenvalue weighted by Gasteiger charge is -2.30. The Morgan fingerprint density at radius 2 is 1.74 bits per heavy atom. The van der Waals surface area contributed by atoms with Gasteiger partial charge in [-0.25, -0.2) is 0 Å². The minimum atomic E-state index is 0.154. The first-order chi connectivity index (χ1) is 16.4. The number of rotatable bonds is 3. The van der Waals surface area contributed by atoms with Gasteiger partial charge in [-0.3, -0.25) is 4.98 Å². The summed E-state index contributed by atoms with van der Waals surface area (Å²) >= 11 is 0. The molecule has 1 saturated carbocycles. The Labute approximate surface area is 203 Å². The van der Waals surface area contributed by atoms with Crippen LogP contribution in [-0.4, -0.2) is 4.98 Å². The molecule has 2 aliphatic rings. The van der Waals surface area contributed by atoms with Crippen LogP contribution in [0.4, 0.5) is 0 Å². The molecule has 34 heavy (non-hydrogen) atoms. The maximum Gasteiger partial charge on any atom is 0.140 e. The second kappa shape index (κ2) is 8.12. The molecule has 0 spiro atoms. The molecule has 2 heterocycles. The smallest absolute Gasteiger partial charge is 0.140 e. The second-order valence-electron chi connectivity index (χ2n) is 11.7.